The number of thiazole rings is 1. The molecule has 0 N–H and O–H groups in total. The second-order valence-corrected chi connectivity index (χ2v) is 9.05. The van der Waals surface area contributed by atoms with Crippen LogP contribution in [0.5, 0.6) is 0 Å². The summed E-state index contributed by atoms with van der Waals surface area (Å²) in [6, 6.07) is 6.60. The zero-order valence-electron chi connectivity index (χ0n) is 16.2. The molecular formula is C20H27N3O2S2. The van der Waals surface area contributed by atoms with Crippen LogP contribution in [0.15, 0.2) is 23.2 Å². The predicted molar refractivity (Wildman–Crippen MR) is 113 cm³/mol. The van der Waals surface area contributed by atoms with Gasteiger partial charge in [0.1, 0.15) is 0 Å². The zero-order chi connectivity index (χ0) is 19.4. The Morgan fingerprint density at radius 2 is 2.11 bits per heavy atom. The van der Waals surface area contributed by atoms with Crippen LogP contribution in [0.3, 0.4) is 0 Å². The smallest absolute Gasteiger partial charge is 0.258 e. The van der Waals surface area contributed by atoms with E-state index >= 15 is 0 Å². The number of benzene rings is 1. The molecule has 1 atom stereocenters. The van der Waals surface area contributed by atoms with Crippen molar-refractivity contribution in [2.45, 2.75) is 45.6 Å². The Morgan fingerprint density at radius 3 is 2.89 bits per heavy atom. The largest absolute Gasteiger partial charge is 0.339 e. The van der Waals surface area contributed by atoms with Gasteiger partial charge < -0.3 is 9.47 Å². The first-order chi connectivity index (χ1) is 13.0. The third-order valence-corrected chi connectivity index (χ3v) is 7.05. The van der Waals surface area contributed by atoms with Crippen LogP contribution in [-0.2, 0) is 16.6 Å². The minimum absolute atomic E-state index is 0.155. The summed E-state index contributed by atoms with van der Waals surface area (Å²) in [6.45, 7) is 5.05. The van der Waals surface area contributed by atoms with E-state index in [4.69, 9.17) is 0 Å². The summed E-state index contributed by atoms with van der Waals surface area (Å²) >= 11 is 2.89. The highest BCUT2D eigenvalue weighted by Crippen LogP contribution is 2.21. The summed E-state index contributed by atoms with van der Waals surface area (Å²) in [4.78, 5) is 31.7. The van der Waals surface area contributed by atoms with E-state index in [1.54, 1.807) is 0 Å². The van der Waals surface area contributed by atoms with Gasteiger partial charge in [-0.3, -0.25) is 9.59 Å². The Labute approximate surface area is 168 Å². The SMILES string of the molecule is CC[C@@H]1CCCCN1C(=O)CSCC(=O)N=c1sc2cc(C)ccc2n1C. The van der Waals surface area contributed by atoms with E-state index in [0.717, 1.165) is 36.0 Å². The molecule has 3 rings (SSSR count). The van der Waals surface area contributed by atoms with Crippen molar-refractivity contribution < 1.29 is 9.59 Å². The van der Waals surface area contributed by atoms with Gasteiger partial charge in [-0.15, -0.1) is 11.8 Å². The van der Waals surface area contributed by atoms with Crippen LogP contribution in [0, 0.1) is 6.92 Å². The molecule has 1 fully saturated rings. The number of likely N-dealkylation sites (tertiary alicyclic amines) is 1. The normalized spacial score (nSPS) is 18.3. The van der Waals surface area contributed by atoms with Crippen molar-refractivity contribution >= 4 is 45.1 Å². The van der Waals surface area contributed by atoms with E-state index < -0.39 is 0 Å². The van der Waals surface area contributed by atoms with Crippen LogP contribution >= 0.6 is 23.1 Å². The number of fused-ring (bicyclic) bond motifs is 1. The van der Waals surface area contributed by atoms with Crippen LogP contribution in [-0.4, -0.2) is 45.4 Å². The molecule has 146 valence electrons. The third kappa shape index (κ3) is 4.82. The van der Waals surface area contributed by atoms with E-state index in [1.165, 1.54) is 35.1 Å². The predicted octanol–water partition coefficient (Wildman–Crippen LogP) is 3.50. The standard InChI is InChI=1S/C20H27N3O2S2/c1-4-15-7-5-6-10-23(15)19(25)13-26-12-18(24)21-20-22(3)16-9-8-14(2)11-17(16)27-20/h8-9,11,15H,4-7,10,12-13H2,1-3H3/t15-/m1/s1. The van der Waals surface area contributed by atoms with Crippen LogP contribution < -0.4 is 4.80 Å². The van der Waals surface area contributed by atoms with Gasteiger partial charge in [0.2, 0.25) is 5.91 Å². The van der Waals surface area contributed by atoms with E-state index in [-0.39, 0.29) is 17.6 Å². The van der Waals surface area contributed by atoms with Crippen LogP contribution in [0.2, 0.25) is 0 Å². The number of hydrogen-bond donors (Lipinski definition) is 0. The van der Waals surface area contributed by atoms with E-state index in [9.17, 15) is 9.59 Å². The molecule has 1 aliphatic rings. The summed E-state index contributed by atoms with van der Waals surface area (Å²) in [5.74, 6) is 0.568. The van der Waals surface area contributed by atoms with Crippen molar-refractivity contribution in [3.05, 3.63) is 28.6 Å². The summed E-state index contributed by atoms with van der Waals surface area (Å²) in [6.07, 6.45) is 4.40. The van der Waals surface area contributed by atoms with E-state index in [2.05, 4.69) is 37.0 Å². The molecule has 2 amide bonds. The molecule has 1 saturated heterocycles. The Kier molecular flexibility index (Phi) is 6.76. The molecule has 1 aromatic heterocycles. The van der Waals surface area contributed by atoms with Crippen LogP contribution in [0.4, 0.5) is 0 Å². The monoisotopic (exact) mass is 405 g/mol. The third-order valence-electron chi connectivity index (χ3n) is 5.05. The lowest BCUT2D eigenvalue weighted by Crippen LogP contribution is -2.44. The first kappa shape index (κ1) is 20.1. The number of hydrogen-bond acceptors (Lipinski definition) is 4. The average Bonchev–Trinajstić information content (AvgIpc) is 2.96. The number of thioether (sulfide) groups is 1. The first-order valence-corrected chi connectivity index (χ1v) is 11.5. The molecule has 0 unspecified atom stereocenters. The maximum absolute atomic E-state index is 12.5. The topological polar surface area (TPSA) is 54.7 Å². The Morgan fingerprint density at radius 1 is 1.30 bits per heavy atom. The summed E-state index contributed by atoms with van der Waals surface area (Å²) in [5.41, 5.74) is 2.27. The number of carbonyl (C=O) groups is 2. The van der Waals surface area contributed by atoms with Gasteiger partial charge in [0.25, 0.3) is 5.91 Å². The molecule has 1 aromatic carbocycles. The minimum atomic E-state index is -0.183. The number of rotatable bonds is 5. The molecule has 5 nitrogen and oxygen atoms in total. The molecule has 2 aromatic rings. The lowest BCUT2D eigenvalue weighted by molar-refractivity contribution is -0.132. The van der Waals surface area contributed by atoms with Gasteiger partial charge in [-0.1, -0.05) is 24.3 Å². The maximum Gasteiger partial charge on any atom is 0.258 e. The van der Waals surface area contributed by atoms with Crippen LogP contribution in [0.25, 0.3) is 10.2 Å². The van der Waals surface area contributed by atoms with Crippen molar-refractivity contribution in [2.75, 3.05) is 18.1 Å². The number of aromatic nitrogens is 1. The van der Waals surface area contributed by atoms with Gasteiger partial charge in [-0.2, -0.15) is 4.99 Å². The average molecular weight is 406 g/mol. The fraction of sp³-hybridized carbons (Fsp3) is 0.550. The van der Waals surface area contributed by atoms with Crippen molar-refractivity contribution in [3.8, 4) is 0 Å². The number of nitrogens with zero attached hydrogens (tertiary/aromatic N) is 3. The van der Waals surface area contributed by atoms with E-state index in [0.29, 0.717) is 16.6 Å². The second kappa shape index (κ2) is 9.06. The second-order valence-electron chi connectivity index (χ2n) is 7.06. The maximum atomic E-state index is 12.5. The van der Waals surface area contributed by atoms with Crippen molar-refractivity contribution in [2.24, 2.45) is 12.0 Å². The minimum Gasteiger partial charge on any atom is -0.339 e. The van der Waals surface area contributed by atoms with Gasteiger partial charge in [0.05, 0.1) is 21.7 Å². The molecule has 0 bridgehead atoms. The molecule has 1 aliphatic heterocycles. The van der Waals surface area contributed by atoms with Gasteiger partial charge in [0, 0.05) is 19.6 Å². The highest BCUT2D eigenvalue weighted by Gasteiger charge is 2.25. The lowest BCUT2D eigenvalue weighted by Gasteiger charge is -2.35. The highest BCUT2D eigenvalue weighted by molar-refractivity contribution is 8.00. The quantitative estimate of drug-likeness (QED) is 0.765. The van der Waals surface area contributed by atoms with Crippen molar-refractivity contribution in [1.82, 2.24) is 9.47 Å². The van der Waals surface area contributed by atoms with Gasteiger partial charge in [-0.25, -0.2) is 0 Å². The zero-order valence-corrected chi connectivity index (χ0v) is 17.9. The molecule has 0 saturated carbocycles. The number of carbonyl (C=O) groups excluding carboxylic acids is 2. The summed E-state index contributed by atoms with van der Waals surface area (Å²) in [7, 11) is 1.93. The molecule has 2 heterocycles. The molecule has 0 radical (unpaired) electrons. The molecule has 7 heteroatoms. The first-order valence-electron chi connectivity index (χ1n) is 9.50. The fourth-order valence-corrected chi connectivity index (χ4v) is 5.36. The Balaban J connectivity index is 1.59. The summed E-state index contributed by atoms with van der Waals surface area (Å²) < 4.78 is 3.08. The van der Waals surface area contributed by atoms with Crippen molar-refractivity contribution in [1.29, 1.82) is 0 Å². The number of amides is 2. The molecule has 0 spiro atoms. The molecule has 0 aliphatic carbocycles. The molecule has 27 heavy (non-hydrogen) atoms. The Bertz CT molecular complexity index is 900. The number of aryl methyl sites for hydroxylation is 2. The van der Waals surface area contributed by atoms with Gasteiger partial charge in [-0.05, 0) is 50.3 Å². The molecular weight excluding hydrogens is 378 g/mol. The van der Waals surface area contributed by atoms with Crippen LogP contribution in [0.1, 0.15) is 38.2 Å². The lowest BCUT2D eigenvalue weighted by atomic mass is 10.0. The van der Waals surface area contributed by atoms with Gasteiger partial charge >= 0.3 is 0 Å². The Hall–Kier alpha value is -1.60. The fourth-order valence-electron chi connectivity index (χ4n) is 3.55. The van der Waals surface area contributed by atoms with Crippen molar-refractivity contribution in [3.63, 3.8) is 0 Å². The highest BCUT2D eigenvalue weighted by atomic mass is 32.2. The van der Waals surface area contributed by atoms with E-state index in [1.807, 2.05) is 16.5 Å². The summed E-state index contributed by atoms with van der Waals surface area (Å²) in [5, 5.41) is 0. The van der Waals surface area contributed by atoms with Gasteiger partial charge in [0.15, 0.2) is 4.80 Å². The number of piperidine rings is 1.